The van der Waals surface area contributed by atoms with E-state index in [1.54, 1.807) is 0 Å². The van der Waals surface area contributed by atoms with Crippen LogP contribution in [0.15, 0.2) is 36.8 Å². The number of aromatic hydroxyl groups is 1. The summed E-state index contributed by atoms with van der Waals surface area (Å²) in [6, 6.07) is 3.71. The minimum absolute atomic E-state index is 0.0722. The number of aliphatic hydroxyl groups excluding tert-OH is 1. The van der Waals surface area contributed by atoms with Gasteiger partial charge in [0.25, 0.3) is 11.8 Å². The lowest BCUT2D eigenvalue weighted by molar-refractivity contribution is 0.0314. The van der Waals surface area contributed by atoms with Crippen molar-refractivity contribution >= 4 is 23.4 Å². The molecule has 2 atom stereocenters. The first kappa shape index (κ1) is 18.1. The van der Waals surface area contributed by atoms with Crippen molar-refractivity contribution in [3.8, 4) is 5.75 Å². The number of β-amino-alcohol motifs (C(OH)–C–C–N with tert-alkyl or cyclic N) is 1. The Morgan fingerprint density at radius 1 is 1.31 bits per heavy atom. The van der Waals surface area contributed by atoms with Crippen molar-refractivity contribution in [2.75, 3.05) is 13.1 Å². The maximum Gasteiger partial charge on any atom is 0.271 e. The number of nitrogens with zero attached hydrogens (tertiary/aromatic N) is 3. The third-order valence-corrected chi connectivity index (χ3v) is 4.48. The van der Waals surface area contributed by atoms with E-state index in [0.717, 1.165) is 0 Å². The average molecular weight is 377 g/mol. The first-order valence-corrected chi connectivity index (χ1v) is 8.36. The van der Waals surface area contributed by atoms with Crippen LogP contribution in [0.25, 0.3) is 0 Å². The molecule has 1 saturated heterocycles. The standard InChI is InChI=1S/C17H17ClN4O4/c18-11-7-10(1-2-14(11)23)17(26)22-6-3-12(15(24)9-22)21-16(25)13-8-19-4-5-20-13/h1-2,4-5,7-8,12,15,23-24H,3,6,9H2,(H,21,25)/t12-,15-/m1/s1. The Balaban J connectivity index is 1.62. The molecule has 0 spiro atoms. The molecular formula is C17H17ClN4O4. The van der Waals surface area contributed by atoms with E-state index in [-0.39, 0.29) is 28.9 Å². The Hall–Kier alpha value is -2.71. The fourth-order valence-electron chi connectivity index (χ4n) is 2.77. The molecule has 1 fully saturated rings. The molecule has 1 aromatic carbocycles. The van der Waals surface area contributed by atoms with Crippen LogP contribution in [0.2, 0.25) is 5.02 Å². The topological polar surface area (TPSA) is 116 Å². The van der Waals surface area contributed by atoms with Crippen molar-refractivity contribution in [3.05, 3.63) is 53.1 Å². The van der Waals surface area contributed by atoms with Crippen molar-refractivity contribution in [1.82, 2.24) is 20.2 Å². The molecule has 3 rings (SSSR count). The largest absolute Gasteiger partial charge is 0.506 e. The summed E-state index contributed by atoms with van der Waals surface area (Å²) in [5, 5.41) is 22.6. The molecule has 0 saturated carbocycles. The van der Waals surface area contributed by atoms with E-state index in [2.05, 4.69) is 15.3 Å². The summed E-state index contributed by atoms with van der Waals surface area (Å²) >= 11 is 5.84. The number of halogens is 1. The van der Waals surface area contributed by atoms with Crippen LogP contribution in [0.4, 0.5) is 0 Å². The third kappa shape index (κ3) is 3.92. The zero-order chi connectivity index (χ0) is 18.7. The Morgan fingerprint density at radius 3 is 2.77 bits per heavy atom. The SMILES string of the molecule is O=C(N[C@@H]1CCN(C(=O)c2ccc(O)c(Cl)c2)C[C@H]1O)c1cnccn1. The summed E-state index contributed by atoms with van der Waals surface area (Å²) in [6.45, 7) is 0.433. The van der Waals surface area contributed by atoms with Gasteiger partial charge in [0.05, 0.1) is 23.4 Å². The van der Waals surface area contributed by atoms with E-state index < -0.39 is 18.1 Å². The van der Waals surface area contributed by atoms with Gasteiger partial charge in [0.15, 0.2) is 0 Å². The molecule has 2 heterocycles. The van der Waals surface area contributed by atoms with Crippen LogP contribution in [0.5, 0.6) is 5.75 Å². The smallest absolute Gasteiger partial charge is 0.271 e. The van der Waals surface area contributed by atoms with Gasteiger partial charge < -0.3 is 20.4 Å². The number of aromatic nitrogens is 2. The fourth-order valence-corrected chi connectivity index (χ4v) is 2.95. The number of amides is 2. The maximum absolute atomic E-state index is 12.5. The lowest BCUT2D eigenvalue weighted by atomic mass is 10.0. The van der Waals surface area contributed by atoms with Crippen molar-refractivity contribution in [1.29, 1.82) is 0 Å². The summed E-state index contributed by atoms with van der Waals surface area (Å²) in [5.41, 5.74) is 0.485. The summed E-state index contributed by atoms with van der Waals surface area (Å²) < 4.78 is 0. The second-order valence-corrected chi connectivity index (χ2v) is 6.35. The average Bonchev–Trinajstić information content (AvgIpc) is 2.65. The molecule has 2 aromatic rings. The molecule has 1 aliphatic rings. The summed E-state index contributed by atoms with van der Waals surface area (Å²) in [7, 11) is 0. The van der Waals surface area contributed by atoms with Gasteiger partial charge in [0.1, 0.15) is 11.4 Å². The molecule has 0 bridgehead atoms. The third-order valence-electron chi connectivity index (χ3n) is 4.18. The molecule has 1 aromatic heterocycles. The number of piperidine rings is 1. The van der Waals surface area contributed by atoms with Crippen molar-refractivity contribution in [2.24, 2.45) is 0 Å². The lowest BCUT2D eigenvalue weighted by Gasteiger charge is -2.36. The number of phenolic OH excluding ortho intramolecular Hbond substituents is 1. The van der Waals surface area contributed by atoms with E-state index in [4.69, 9.17) is 11.6 Å². The van der Waals surface area contributed by atoms with E-state index >= 15 is 0 Å². The Morgan fingerprint density at radius 2 is 2.12 bits per heavy atom. The molecule has 0 unspecified atom stereocenters. The molecule has 0 aliphatic carbocycles. The van der Waals surface area contributed by atoms with Crippen LogP contribution in [-0.4, -0.2) is 62.1 Å². The minimum Gasteiger partial charge on any atom is -0.506 e. The molecule has 9 heteroatoms. The zero-order valence-corrected chi connectivity index (χ0v) is 14.4. The van der Waals surface area contributed by atoms with Gasteiger partial charge >= 0.3 is 0 Å². The van der Waals surface area contributed by atoms with Crippen molar-refractivity contribution < 1.29 is 19.8 Å². The van der Waals surface area contributed by atoms with Crippen LogP contribution < -0.4 is 5.32 Å². The maximum atomic E-state index is 12.5. The Labute approximate surface area is 154 Å². The summed E-state index contributed by atoms with van der Waals surface area (Å²) in [4.78, 5) is 33.9. The number of aliphatic hydroxyl groups is 1. The molecule has 3 N–H and O–H groups in total. The highest BCUT2D eigenvalue weighted by Crippen LogP contribution is 2.25. The number of hydrogen-bond donors (Lipinski definition) is 3. The van der Waals surface area contributed by atoms with Crippen LogP contribution in [0.3, 0.4) is 0 Å². The number of benzene rings is 1. The molecular weight excluding hydrogens is 360 g/mol. The highest BCUT2D eigenvalue weighted by atomic mass is 35.5. The molecule has 1 aliphatic heterocycles. The number of carbonyl (C=O) groups excluding carboxylic acids is 2. The molecule has 136 valence electrons. The number of nitrogens with one attached hydrogen (secondary N) is 1. The number of carbonyl (C=O) groups is 2. The van der Waals surface area contributed by atoms with E-state index in [9.17, 15) is 19.8 Å². The minimum atomic E-state index is -0.916. The molecule has 26 heavy (non-hydrogen) atoms. The predicted octanol–water partition coefficient (Wildman–Crippen LogP) is 0.841. The van der Waals surface area contributed by atoms with Crippen molar-refractivity contribution in [2.45, 2.75) is 18.6 Å². The summed E-state index contributed by atoms with van der Waals surface area (Å²) in [6.07, 6.45) is 3.70. The van der Waals surface area contributed by atoms with Gasteiger partial charge in [-0.3, -0.25) is 14.6 Å². The van der Waals surface area contributed by atoms with Gasteiger partial charge in [-0.15, -0.1) is 0 Å². The monoisotopic (exact) mass is 376 g/mol. The first-order chi connectivity index (χ1) is 12.5. The second-order valence-electron chi connectivity index (χ2n) is 5.94. The molecule has 0 radical (unpaired) electrons. The number of rotatable bonds is 3. The highest BCUT2D eigenvalue weighted by Gasteiger charge is 2.32. The normalized spacial score (nSPS) is 19.8. The van der Waals surface area contributed by atoms with Gasteiger partial charge in [0, 0.05) is 31.0 Å². The second kappa shape index (κ2) is 7.67. The van der Waals surface area contributed by atoms with Gasteiger partial charge in [-0.2, -0.15) is 0 Å². The molecule has 8 nitrogen and oxygen atoms in total. The zero-order valence-electron chi connectivity index (χ0n) is 13.7. The van der Waals surface area contributed by atoms with Crippen LogP contribution in [0, 0.1) is 0 Å². The fraction of sp³-hybridized carbons (Fsp3) is 0.294. The van der Waals surface area contributed by atoms with Gasteiger partial charge in [0.2, 0.25) is 0 Å². The first-order valence-electron chi connectivity index (χ1n) is 7.98. The number of hydrogen-bond acceptors (Lipinski definition) is 6. The van der Waals surface area contributed by atoms with E-state index in [1.807, 2.05) is 0 Å². The van der Waals surface area contributed by atoms with Crippen LogP contribution in [0.1, 0.15) is 27.3 Å². The highest BCUT2D eigenvalue weighted by molar-refractivity contribution is 6.32. The Bertz CT molecular complexity index is 818. The van der Waals surface area contributed by atoms with Gasteiger partial charge in [-0.25, -0.2) is 4.98 Å². The number of likely N-dealkylation sites (tertiary alicyclic amines) is 1. The lowest BCUT2D eigenvalue weighted by Crippen LogP contribution is -2.55. The summed E-state index contributed by atoms with van der Waals surface area (Å²) in [5.74, 6) is -0.828. The van der Waals surface area contributed by atoms with Gasteiger partial charge in [-0.1, -0.05) is 11.6 Å². The predicted molar refractivity (Wildman–Crippen MR) is 92.9 cm³/mol. The van der Waals surface area contributed by atoms with Crippen LogP contribution >= 0.6 is 11.6 Å². The quantitative estimate of drug-likeness (QED) is 0.731. The van der Waals surface area contributed by atoms with E-state index in [0.29, 0.717) is 18.5 Å². The number of phenols is 1. The van der Waals surface area contributed by atoms with Gasteiger partial charge in [-0.05, 0) is 24.6 Å². The van der Waals surface area contributed by atoms with Crippen molar-refractivity contribution in [3.63, 3.8) is 0 Å². The van der Waals surface area contributed by atoms with E-state index in [1.165, 1.54) is 41.7 Å². The Kier molecular flexibility index (Phi) is 5.34. The molecule has 2 amide bonds. The van der Waals surface area contributed by atoms with Crippen LogP contribution in [-0.2, 0) is 0 Å².